The van der Waals surface area contributed by atoms with Gasteiger partial charge in [0.15, 0.2) is 5.43 Å². The number of amides is 1. The first-order chi connectivity index (χ1) is 15.0. The lowest BCUT2D eigenvalue weighted by Gasteiger charge is -2.25. The highest BCUT2D eigenvalue weighted by Gasteiger charge is 2.42. The number of hydrogen-bond donors (Lipinski definition) is 0. The molecule has 0 N–H and O–H groups in total. The Morgan fingerprint density at radius 3 is 2.84 bits per heavy atom. The number of carbonyl (C=O) groups excluding carboxylic acids is 1. The molecular weight excluding hydrogens is 418 g/mol. The van der Waals surface area contributed by atoms with Crippen LogP contribution >= 0.6 is 11.6 Å². The molecule has 31 heavy (non-hydrogen) atoms. The Kier molecular flexibility index (Phi) is 6.11. The van der Waals surface area contributed by atoms with Crippen molar-refractivity contribution in [1.29, 1.82) is 0 Å². The fourth-order valence-corrected chi connectivity index (χ4v) is 4.05. The second-order valence-electron chi connectivity index (χ2n) is 7.23. The van der Waals surface area contributed by atoms with E-state index < -0.39 is 6.04 Å². The molecule has 0 spiro atoms. The molecule has 0 bridgehead atoms. The molecule has 3 aromatic rings. The maximum atomic E-state index is 13.5. The van der Waals surface area contributed by atoms with Crippen LogP contribution in [0.3, 0.4) is 0 Å². The summed E-state index contributed by atoms with van der Waals surface area (Å²) >= 11 is 6.11. The van der Waals surface area contributed by atoms with Gasteiger partial charge in [0, 0.05) is 25.3 Å². The van der Waals surface area contributed by atoms with E-state index in [2.05, 4.69) is 6.58 Å². The lowest BCUT2D eigenvalue weighted by Crippen LogP contribution is -2.31. The lowest BCUT2D eigenvalue weighted by atomic mass is 9.98. The number of ether oxygens (including phenoxy) is 2. The molecule has 1 unspecified atom stereocenters. The van der Waals surface area contributed by atoms with Gasteiger partial charge in [0.25, 0.3) is 5.91 Å². The zero-order valence-corrected chi connectivity index (χ0v) is 17.9. The van der Waals surface area contributed by atoms with E-state index in [9.17, 15) is 9.59 Å². The number of halogens is 1. The molecule has 1 aliphatic heterocycles. The number of methoxy groups -OCH3 is 1. The molecule has 1 atom stereocenters. The van der Waals surface area contributed by atoms with Crippen molar-refractivity contribution in [2.45, 2.75) is 12.5 Å². The smallest absolute Gasteiger partial charge is 0.290 e. The quantitative estimate of drug-likeness (QED) is 0.379. The molecule has 2 aromatic carbocycles. The van der Waals surface area contributed by atoms with E-state index in [1.165, 1.54) is 0 Å². The predicted molar refractivity (Wildman–Crippen MR) is 119 cm³/mol. The van der Waals surface area contributed by atoms with Crippen LogP contribution in [0.25, 0.3) is 11.0 Å². The van der Waals surface area contributed by atoms with Crippen LogP contribution in [-0.2, 0) is 4.74 Å². The Hall–Kier alpha value is -3.09. The van der Waals surface area contributed by atoms with Crippen molar-refractivity contribution in [2.75, 3.05) is 26.9 Å². The number of rotatable bonds is 8. The van der Waals surface area contributed by atoms with E-state index in [-0.39, 0.29) is 17.1 Å². The molecule has 0 radical (unpaired) electrons. The highest BCUT2D eigenvalue weighted by molar-refractivity contribution is 6.31. The molecule has 0 fully saturated rings. The first kappa shape index (κ1) is 21.2. The first-order valence-electron chi connectivity index (χ1n) is 9.95. The number of carbonyl (C=O) groups is 1. The van der Waals surface area contributed by atoms with E-state index in [4.69, 9.17) is 25.5 Å². The molecule has 1 amide bonds. The zero-order valence-electron chi connectivity index (χ0n) is 17.1. The summed E-state index contributed by atoms with van der Waals surface area (Å²) in [5, 5.41) is 0.777. The van der Waals surface area contributed by atoms with Crippen LogP contribution < -0.4 is 10.2 Å². The Bertz CT molecular complexity index is 1200. The van der Waals surface area contributed by atoms with E-state index in [1.807, 2.05) is 24.3 Å². The summed E-state index contributed by atoms with van der Waals surface area (Å²) < 4.78 is 16.7. The van der Waals surface area contributed by atoms with Gasteiger partial charge in [0.05, 0.1) is 17.0 Å². The molecule has 0 saturated heterocycles. The number of fused-ring (bicyclic) bond motifs is 2. The fourth-order valence-electron chi connectivity index (χ4n) is 3.88. The van der Waals surface area contributed by atoms with Crippen LogP contribution in [0.2, 0.25) is 5.02 Å². The molecule has 1 aliphatic rings. The Morgan fingerprint density at radius 1 is 1.23 bits per heavy atom. The highest BCUT2D eigenvalue weighted by atomic mass is 35.5. The summed E-state index contributed by atoms with van der Waals surface area (Å²) in [7, 11) is 1.61. The van der Waals surface area contributed by atoms with Crippen molar-refractivity contribution in [3.05, 3.63) is 87.3 Å². The zero-order chi connectivity index (χ0) is 22.0. The minimum absolute atomic E-state index is 0.0691. The van der Waals surface area contributed by atoms with E-state index in [1.54, 1.807) is 36.3 Å². The van der Waals surface area contributed by atoms with Crippen molar-refractivity contribution in [2.24, 2.45) is 0 Å². The number of hydrogen-bond acceptors (Lipinski definition) is 5. The maximum Gasteiger partial charge on any atom is 0.290 e. The largest absolute Gasteiger partial charge is 0.490 e. The monoisotopic (exact) mass is 439 g/mol. The van der Waals surface area contributed by atoms with Gasteiger partial charge in [0.1, 0.15) is 17.9 Å². The summed E-state index contributed by atoms with van der Waals surface area (Å²) in [5.41, 5.74) is 1.16. The summed E-state index contributed by atoms with van der Waals surface area (Å²) in [5.74, 6) is 0.380. The van der Waals surface area contributed by atoms with E-state index >= 15 is 0 Å². The Morgan fingerprint density at radius 2 is 2.06 bits per heavy atom. The topological polar surface area (TPSA) is 69.0 Å². The van der Waals surface area contributed by atoms with Gasteiger partial charge in [-0.25, -0.2) is 0 Å². The molecule has 6 nitrogen and oxygen atoms in total. The van der Waals surface area contributed by atoms with Crippen LogP contribution in [0.5, 0.6) is 5.75 Å². The fraction of sp³-hybridized carbons (Fsp3) is 0.250. The van der Waals surface area contributed by atoms with Gasteiger partial charge in [-0.15, -0.1) is 0 Å². The number of benzene rings is 2. The maximum absolute atomic E-state index is 13.5. The van der Waals surface area contributed by atoms with Crippen LogP contribution in [-0.4, -0.2) is 37.7 Å². The van der Waals surface area contributed by atoms with E-state index in [0.29, 0.717) is 53.5 Å². The predicted octanol–water partition coefficient (Wildman–Crippen LogP) is 4.59. The normalized spacial score (nSPS) is 15.4. The van der Waals surface area contributed by atoms with Gasteiger partial charge in [0.2, 0.25) is 5.76 Å². The second-order valence-corrected chi connectivity index (χ2v) is 7.67. The molecule has 160 valence electrons. The minimum atomic E-state index is -0.591. The van der Waals surface area contributed by atoms with Crippen molar-refractivity contribution < 1.29 is 18.7 Å². The minimum Gasteiger partial charge on any atom is -0.490 e. The molecule has 4 rings (SSSR count). The molecule has 0 saturated carbocycles. The molecule has 2 heterocycles. The van der Waals surface area contributed by atoms with Gasteiger partial charge in [-0.1, -0.05) is 36.4 Å². The summed E-state index contributed by atoms with van der Waals surface area (Å²) in [6.07, 6.45) is 2.28. The first-order valence-corrected chi connectivity index (χ1v) is 10.3. The van der Waals surface area contributed by atoms with Crippen molar-refractivity contribution in [1.82, 2.24) is 4.90 Å². The van der Waals surface area contributed by atoms with Gasteiger partial charge in [-0.3, -0.25) is 9.59 Å². The van der Waals surface area contributed by atoms with Crippen LogP contribution in [0.15, 0.2) is 64.3 Å². The highest BCUT2D eigenvalue weighted by Crippen LogP contribution is 2.39. The Labute approximate surface area is 184 Å². The van der Waals surface area contributed by atoms with Crippen LogP contribution in [0.4, 0.5) is 0 Å². The molecule has 7 heteroatoms. The van der Waals surface area contributed by atoms with Crippen molar-refractivity contribution in [3.8, 4) is 5.75 Å². The van der Waals surface area contributed by atoms with Gasteiger partial charge in [-0.2, -0.15) is 0 Å². The van der Waals surface area contributed by atoms with E-state index in [0.717, 1.165) is 5.56 Å². The molecule has 1 aromatic heterocycles. The van der Waals surface area contributed by atoms with Crippen LogP contribution in [0, 0.1) is 0 Å². The lowest BCUT2D eigenvalue weighted by molar-refractivity contribution is 0.0707. The standard InChI is InChI=1S/C24H22ClNO5/c1-3-11-30-17-7-4-6-15(13-17)21-20-22(27)18-14-16(25)8-9-19(18)31-23(20)24(28)26(21)10-5-12-29-2/h3-4,6-9,13-14,21H,1,5,10-12H2,2H3. The van der Waals surface area contributed by atoms with Gasteiger partial charge >= 0.3 is 0 Å². The molecular formula is C24H22ClNO5. The number of nitrogens with zero attached hydrogens (tertiary/aromatic N) is 1. The summed E-state index contributed by atoms with van der Waals surface area (Å²) in [6, 6.07) is 11.6. The Balaban J connectivity index is 1.88. The SMILES string of the molecule is C=CCOc1cccc(C2c3c(oc4ccc(Cl)cc4c3=O)C(=O)N2CCCOC)c1. The third-order valence-electron chi connectivity index (χ3n) is 5.22. The third kappa shape index (κ3) is 3.96. The van der Waals surface area contributed by atoms with Gasteiger partial charge in [-0.05, 0) is 42.3 Å². The van der Waals surface area contributed by atoms with Gasteiger partial charge < -0.3 is 18.8 Å². The van der Waals surface area contributed by atoms with Crippen LogP contribution in [0.1, 0.15) is 34.1 Å². The van der Waals surface area contributed by atoms with Crippen molar-refractivity contribution >= 4 is 28.5 Å². The summed E-state index contributed by atoms with van der Waals surface area (Å²) in [6.45, 7) is 4.92. The third-order valence-corrected chi connectivity index (χ3v) is 5.45. The molecule has 0 aliphatic carbocycles. The average molecular weight is 440 g/mol. The second kappa shape index (κ2) is 8.96. The van der Waals surface area contributed by atoms with Crippen molar-refractivity contribution in [3.63, 3.8) is 0 Å². The average Bonchev–Trinajstić information content (AvgIpc) is 3.05. The summed E-state index contributed by atoms with van der Waals surface area (Å²) in [4.78, 5) is 28.4.